The van der Waals surface area contributed by atoms with E-state index in [0.29, 0.717) is 0 Å². The molecule has 0 amide bonds. The van der Waals surface area contributed by atoms with Crippen LogP contribution < -0.4 is 4.90 Å². The molecular weight excluding hydrogens is 252 g/mol. The van der Waals surface area contributed by atoms with Crippen molar-refractivity contribution in [3.05, 3.63) is 47.5 Å². The molecule has 0 aliphatic rings. The maximum absolute atomic E-state index is 10.9. The fourth-order valence-corrected chi connectivity index (χ4v) is 2.12. The Kier molecular flexibility index (Phi) is 3.72. The molecule has 0 unspecified atom stereocenters. The molecule has 0 radical (unpaired) electrons. The van der Waals surface area contributed by atoms with Crippen molar-refractivity contribution in [2.45, 2.75) is 0 Å². The summed E-state index contributed by atoms with van der Waals surface area (Å²) in [4.78, 5) is 12.9. The molecule has 0 bridgehead atoms. The highest BCUT2D eigenvalue weighted by atomic mass is 16.4. The number of hydrogen-bond acceptors (Lipinski definition) is 3. The van der Waals surface area contributed by atoms with E-state index < -0.39 is 5.97 Å². The van der Waals surface area contributed by atoms with Gasteiger partial charge in [0.1, 0.15) is 11.6 Å². The fourth-order valence-electron chi connectivity index (χ4n) is 2.12. The predicted octanol–water partition coefficient (Wildman–Crippen LogP) is 2.90. The topological polar surface area (TPSA) is 64.3 Å². The highest BCUT2D eigenvalue weighted by Gasteiger charge is 2.09. The average Bonchev–Trinajstić information content (AvgIpc) is 2.43. The quantitative estimate of drug-likeness (QED) is 0.685. The van der Waals surface area contributed by atoms with Crippen molar-refractivity contribution in [1.29, 1.82) is 5.26 Å². The molecule has 0 spiro atoms. The maximum Gasteiger partial charge on any atom is 0.346 e. The Bertz CT molecular complexity index is 740. The summed E-state index contributed by atoms with van der Waals surface area (Å²) in [5, 5.41) is 19.8. The average molecular weight is 266 g/mol. The third-order valence-corrected chi connectivity index (χ3v) is 3.07. The fraction of sp³-hybridized carbons (Fsp3) is 0.125. The van der Waals surface area contributed by atoms with Crippen LogP contribution >= 0.6 is 0 Å². The zero-order valence-corrected chi connectivity index (χ0v) is 11.3. The van der Waals surface area contributed by atoms with Gasteiger partial charge in [-0.2, -0.15) is 5.26 Å². The third kappa shape index (κ3) is 2.47. The molecule has 0 heterocycles. The van der Waals surface area contributed by atoms with Crippen molar-refractivity contribution in [2.75, 3.05) is 19.0 Å². The van der Waals surface area contributed by atoms with Crippen molar-refractivity contribution < 1.29 is 9.90 Å². The standard InChI is InChI=1S/C16H14N2O2/c1-18(2)15-8-7-11(9-12(10-17)16(19)20)13-5-3-4-6-14(13)15/h3-9H,1-2H3,(H,19,20)/b12-9+. The van der Waals surface area contributed by atoms with Crippen LogP contribution in [0.1, 0.15) is 5.56 Å². The largest absolute Gasteiger partial charge is 0.477 e. The molecule has 0 fully saturated rings. The number of nitriles is 1. The van der Waals surface area contributed by atoms with Crippen LogP contribution in [0.4, 0.5) is 5.69 Å². The van der Waals surface area contributed by atoms with Gasteiger partial charge in [0, 0.05) is 25.2 Å². The molecule has 0 atom stereocenters. The lowest BCUT2D eigenvalue weighted by Gasteiger charge is -2.16. The Morgan fingerprint density at radius 2 is 1.85 bits per heavy atom. The highest BCUT2D eigenvalue weighted by molar-refractivity contribution is 6.03. The molecule has 2 rings (SSSR count). The Morgan fingerprint density at radius 3 is 2.40 bits per heavy atom. The molecule has 100 valence electrons. The summed E-state index contributed by atoms with van der Waals surface area (Å²) in [7, 11) is 3.91. The van der Waals surface area contributed by atoms with Gasteiger partial charge in [-0.15, -0.1) is 0 Å². The van der Waals surface area contributed by atoms with Crippen molar-refractivity contribution in [3.8, 4) is 6.07 Å². The number of hydrogen-bond donors (Lipinski definition) is 1. The molecule has 1 N–H and O–H groups in total. The van der Waals surface area contributed by atoms with Gasteiger partial charge < -0.3 is 10.0 Å². The number of aliphatic carboxylic acids is 1. The molecular formula is C16H14N2O2. The number of carboxylic acid groups (broad SMARTS) is 1. The van der Waals surface area contributed by atoms with E-state index in [1.165, 1.54) is 6.08 Å². The van der Waals surface area contributed by atoms with Crippen LogP contribution in [0.15, 0.2) is 42.0 Å². The van der Waals surface area contributed by atoms with E-state index in [0.717, 1.165) is 22.0 Å². The second kappa shape index (κ2) is 5.45. The van der Waals surface area contributed by atoms with Gasteiger partial charge in [-0.25, -0.2) is 4.79 Å². The number of fused-ring (bicyclic) bond motifs is 1. The summed E-state index contributed by atoms with van der Waals surface area (Å²) in [6.45, 7) is 0. The molecule has 0 aromatic heterocycles. The summed E-state index contributed by atoms with van der Waals surface area (Å²) in [5.41, 5.74) is 1.50. The van der Waals surface area contributed by atoms with E-state index in [4.69, 9.17) is 10.4 Å². The van der Waals surface area contributed by atoms with E-state index >= 15 is 0 Å². The molecule has 2 aromatic carbocycles. The molecule has 0 aliphatic carbocycles. The van der Waals surface area contributed by atoms with Crippen molar-refractivity contribution in [2.24, 2.45) is 0 Å². The van der Waals surface area contributed by atoms with Gasteiger partial charge in [0.15, 0.2) is 0 Å². The van der Waals surface area contributed by atoms with Crippen molar-refractivity contribution in [3.63, 3.8) is 0 Å². The Labute approximate surface area is 117 Å². The summed E-state index contributed by atoms with van der Waals surface area (Å²) in [5.74, 6) is -1.21. The molecule has 4 heteroatoms. The molecule has 0 saturated heterocycles. The lowest BCUT2D eigenvalue weighted by Crippen LogP contribution is -2.09. The molecule has 0 aliphatic heterocycles. The molecule has 2 aromatic rings. The third-order valence-electron chi connectivity index (χ3n) is 3.07. The van der Waals surface area contributed by atoms with E-state index in [9.17, 15) is 4.79 Å². The number of carbonyl (C=O) groups is 1. The number of carboxylic acids is 1. The van der Waals surface area contributed by atoms with Gasteiger partial charge in [-0.05, 0) is 23.1 Å². The smallest absolute Gasteiger partial charge is 0.346 e. The van der Waals surface area contributed by atoms with Gasteiger partial charge in [0.25, 0.3) is 0 Å². The first kappa shape index (κ1) is 13.6. The van der Waals surface area contributed by atoms with Gasteiger partial charge in [0.2, 0.25) is 0 Å². The Balaban J connectivity index is 2.72. The van der Waals surface area contributed by atoms with Gasteiger partial charge in [-0.1, -0.05) is 30.3 Å². The van der Waals surface area contributed by atoms with Crippen LogP contribution in [0.3, 0.4) is 0 Å². The Morgan fingerprint density at radius 1 is 1.20 bits per heavy atom. The van der Waals surface area contributed by atoms with Crippen LogP contribution in [0.5, 0.6) is 0 Å². The minimum atomic E-state index is -1.21. The van der Waals surface area contributed by atoms with Crippen LogP contribution in [-0.4, -0.2) is 25.2 Å². The predicted molar refractivity (Wildman–Crippen MR) is 79.5 cm³/mol. The molecule has 0 saturated carbocycles. The number of benzene rings is 2. The first-order valence-electron chi connectivity index (χ1n) is 6.08. The lowest BCUT2D eigenvalue weighted by atomic mass is 10.0. The SMILES string of the molecule is CN(C)c1ccc(/C=C(\C#N)C(=O)O)c2ccccc12. The van der Waals surface area contributed by atoms with Gasteiger partial charge >= 0.3 is 5.97 Å². The lowest BCUT2D eigenvalue weighted by molar-refractivity contribution is -0.132. The van der Waals surface area contributed by atoms with Crippen molar-refractivity contribution >= 4 is 28.5 Å². The molecule has 20 heavy (non-hydrogen) atoms. The van der Waals surface area contributed by atoms with Crippen LogP contribution in [-0.2, 0) is 4.79 Å². The van der Waals surface area contributed by atoms with Crippen LogP contribution in [0.25, 0.3) is 16.8 Å². The van der Waals surface area contributed by atoms with Crippen LogP contribution in [0.2, 0.25) is 0 Å². The van der Waals surface area contributed by atoms with E-state index in [2.05, 4.69) is 0 Å². The first-order valence-corrected chi connectivity index (χ1v) is 6.08. The summed E-state index contributed by atoms with van der Waals surface area (Å²) in [6, 6.07) is 13.2. The summed E-state index contributed by atoms with van der Waals surface area (Å²) < 4.78 is 0. The van der Waals surface area contributed by atoms with E-state index in [1.807, 2.05) is 55.4 Å². The van der Waals surface area contributed by atoms with E-state index in [1.54, 1.807) is 6.07 Å². The van der Waals surface area contributed by atoms with E-state index in [-0.39, 0.29) is 5.57 Å². The van der Waals surface area contributed by atoms with Crippen LogP contribution in [0, 0.1) is 11.3 Å². The highest BCUT2D eigenvalue weighted by Crippen LogP contribution is 2.29. The second-order valence-corrected chi connectivity index (χ2v) is 4.59. The zero-order valence-electron chi connectivity index (χ0n) is 11.3. The second-order valence-electron chi connectivity index (χ2n) is 4.59. The number of nitrogens with zero attached hydrogens (tertiary/aromatic N) is 2. The number of rotatable bonds is 3. The normalized spacial score (nSPS) is 11.2. The van der Waals surface area contributed by atoms with Gasteiger partial charge in [-0.3, -0.25) is 0 Å². The zero-order chi connectivity index (χ0) is 14.7. The minimum absolute atomic E-state index is 0.271. The Hall–Kier alpha value is -2.80. The first-order chi connectivity index (χ1) is 9.54. The number of anilines is 1. The monoisotopic (exact) mass is 266 g/mol. The van der Waals surface area contributed by atoms with Crippen molar-refractivity contribution in [1.82, 2.24) is 0 Å². The summed E-state index contributed by atoms with van der Waals surface area (Å²) in [6.07, 6.45) is 1.41. The maximum atomic E-state index is 10.9. The minimum Gasteiger partial charge on any atom is -0.477 e. The van der Waals surface area contributed by atoms with Gasteiger partial charge in [0.05, 0.1) is 0 Å². The molecule has 4 nitrogen and oxygen atoms in total. The summed E-state index contributed by atoms with van der Waals surface area (Å²) >= 11 is 0.